The zero-order valence-corrected chi connectivity index (χ0v) is 9.79. The Morgan fingerprint density at radius 1 is 1.47 bits per heavy atom. The van der Waals surface area contributed by atoms with Crippen molar-refractivity contribution in [3.63, 3.8) is 0 Å². The molecule has 0 radical (unpaired) electrons. The summed E-state index contributed by atoms with van der Waals surface area (Å²) in [6.07, 6.45) is 3.63. The first-order valence-electron chi connectivity index (χ1n) is 5.50. The number of pyridine rings is 1. The summed E-state index contributed by atoms with van der Waals surface area (Å²) in [6.45, 7) is 8.90. The van der Waals surface area contributed by atoms with E-state index < -0.39 is 0 Å². The second kappa shape index (κ2) is 6.40. The van der Waals surface area contributed by atoms with Gasteiger partial charge in [0.25, 0.3) is 0 Å². The molecular formula is C12H20N2O. The summed E-state index contributed by atoms with van der Waals surface area (Å²) in [5.74, 6) is 1.49. The van der Waals surface area contributed by atoms with Gasteiger partial charge in [0, 0.05) is 24.5 Å². The first-order chi connectivity index (χ1) is 7.24. The molecular weight excluding hydrogens is 188 g/mol. The fraction of sp³-hybridized carbons (Fsp3) is 0.583. The minimum Gasteiger partial charge on any atom is -0.493 e. The van der Waals surface area contributed by atoms with E-state index in [1.807, 2.05) is 12.3 Å². The van der Waals surface area contributed by atoms with Crippen molar-refractivity contribution in [2.24, 2.45) is 5.92 Å². The Hall–Kier alpha value is -1.09. The molecule has 15 heavy (non-hydrogen) atoms. The molecule has 3 nitrogen and oxygen atoms in total. The van der Waals surface area contributed by atoms with Crippen LogP contribution in [-0.2, 0) is 6.54 Å². The summed E-state index contributed by atoms with van der Waals surface area (Å²) in [5, 5.41) is 3.27. The minimum absolute atomic E-state index is 0.546. The number of rotatable bonds is 6. The Labute approximate surface area is 91.9 Å². The normalized spacial score (nSPS) is 10.7. The smallest absolute Gasteiger partial charge is 0.126 e. The largest absolute Gasteiger partial charge is 0.493 e. The maximum atomic E-state index is 5.72. The average Bonchev–Trinajstić information content (AvgIpc) is 2.24. The highest BCUT2D eigenvalue weighted by molar-refractivity contribution is 5.29. The van der Waals surface area contributed by atoms with Gasteiger partial charge in [0.15, 0.2) is 0 Å². The van der Waals surface area contributed by atoms with Gasteiger partial charge in [-0.25, -0.2) is 0 Å². The predicted octanol–water partition coefficient (Wildman–Crippen LogP) is 2.23. The Morgan fingerprint density at radius 2 is 2.27 bits per heavy atom. The van der Waals surface area contributed by atoms with Gasteiger partial charge < -0.3 is 10.1 Å². The fourth-order valence-electron chi connectivity index (χ4n) is 1.20. The zero-order valence-electron chi connectivity index (χ0n) is 9.79. The monoisotopic (exact) mass is 208 g/mol. The molecule has 0 atom stereocenters. The van der Waals surface area contributed by atoms with Gasteiger partial charge in [-0.3, -0.25) is 4.98 Å². The zero-order chi connectivity index (χ0) is 11.1. The van der Waals surface area contributed by atoms with Crippen LogP contribution in [0.1, 0.15) is 26.3 Å². The van der Waals surface area contributed by atoms with Crippen molar-refractivity contribution in [3.8, 4) is 5.75 Å². The van der Waals surface area contributed by atoms with E-state index in [0.29, 0.717) is 5.92 Å². The first-order valence-corrected chi connectivity index (χ1v) is 5.50. The maximum absolute atomic E-state index is 5.72. The Kier molecular flexibility index (Phi) is 5.12. The quantitative estimate of drug-likeness (QED) is 0.778. The standard InChI is InChI=1S/C12H20N2O/c1-4-13-7-11-8-14-6-5-12(11)15-9-10(2)3/h5-6,8,10,13H,4,7,9H2,1-3H3. The second-order valence-electron chi connectivity index (χ2n) is 3.97. The molecule has 0 aliphatic rings. The van der Waals surface area contributed by atoms with E-state index >= 15 is 0 Å². The molecule has 0 fully saturated rings. The van der Waals surface area contributed by atoms with Gasteiger partial charge in [0.1, 0.15) is 5.75 Å². The Bertz CT molecular complexity index is 287. The van der Waals surface area contributed by atoms with Crippen LogP contribution in [0.2, 0.25) is 0 Å². The van der Waals surface area contributed by atoms with Crippen molar-refractivity contribution in [2.45, 2.75) is 27.3 Å². The molecule has 84 valence electrons. The van der Waals surface area contributed by atoms with Gasteiger partial charge in [0.05, 0.1) is 6.61 Å². The summed E-state index contributed by atoms with van der Waals surface area (Å²) in [5.41, 5.74) is 1.12. The van der Waals surface area contributed by atoms with E-state index in [9.17, 15) is 0 Å². The van der Waals surface area contributed by atoms with Gasteiger partial charge >= 0.3 is 0 Å². The molecule has 0 spiro atoms. The third-order valence-corrected chi connectivity index (χ3v) is 2.00. The van der Waals surface area contributed by atoms with E-state index in [1.165, 1.54) is 0 Å². The van der Waals surface area contributed by atoms with Crippen molar-refractivity contribution >= 4 is 0 Å². The highest BCUT2D eigenvalue weighted by atomic mass is 16.5. The SMILES string of the molecule is CCNCc1cnccc1OCC(C)C. The lowest BCUT2D eigenvalue weighted by molar-refractivity contribution is 0.268. The molecule has 0 aliphatic carbocycles. The van der Waals surface area contributed by atoms with Crippen molar-refractivity contribution in [3.05, 3.63) is 24.0 Å². The third-order valence-electron chi connectivity index (χ3n) is 2.00. The Morgan fingerprint density at radius 3 is 2.93 bits per heavy atom. The predicted molar refractivity (Wildman–Crippen MR) is 62.0 cm³/mol. The molecule has 0 unspecified atom stereocenters. The van der Waals surface area contributed by atoms with Crippen LogP contribution in [0, 0.1) is 5.92 Å². The van der Waals surface area contributed by atoms with Crippen LogP contribution in [0.4, 0.5) is 0 Å². The lowest BCUT2D eigenvalue weighted by Gasteiger charge is -2.12. The van der Waals surface area contributed by atoms with E-state index in [-0.39, 0.29) is 0 Å². The molecule has 0 amide bonds. The van der Waals surface area contributed by atoms with E-state index in [1.54, 1.807) is 6.20 Å². The van der Waals surface area contributed by atoms with Crippen LogP contribution in [0.5, 0.6) is 5.75 Å². The molecule has 0 aliphatic heterocycles. The summed E-state index contributed by atoms with van der Waals surface area (Å²) in [7, 11) is 0. The lowest BCUT2D eigenvalue weighted by Crippen LogP contribution is -2.14. The topological polar surface area (TPSA) is 34.2 Å². The van der Waals surface area contributed by atoms with Crippen LogP contribution in [0.25, 0.3) is 0 Å². The molecule has 1 rings (SSSR count). The van der Waals surface area contributed by atoms with Gasteiger partial charge in [-0.2, -0.15) is 0 Å². The minimum atomic E-state index is 0.546. The summed E-state index contributed by atoms with van der Waals surface area (Å²) >= 11 is 0. The van der Waals surface area contributed by atoms with Crippen LogP contribution in [0.15, 0.2) is 18.5 Å². The number of ether oxygens (including phenoxy) is 1. The number of nitrogens with one attached hydrogen (secondary N) is 1. The molecule has 1 aromatic heterocycles. The Balaban J connectivity index is 2.59. The van der Waals surface area contributed by atoms with Crippen LogP contribution < -0.4 is 10.1 Å². The second-order valence-corrected chi connectivity index (χ2v) is 3.97. The van der Waals surface area contributed by atoms with Crippen molar-refractivity contribution < 1.29 is 4.74 Å². The van der Waals surface area contributed by atoms with Gasteiger partial charge in [-0.05, 0) is 18.5 Å². The molecule has 1 aromatic rings. The molecule has 0 saturated heterocycles. The van der Waals surface area contributed by atoms with Gasteiger partial charge in [0.2, 0.25) is 0 Å². The summed E-state index contributed by atoms with van der Waals surface area (Å²) < 4.78 is 5.72. The number of nitrogens with zero attached hydrogens (tertiary/aromatic N) is 1. The maximum Gasteiger partial charge on any atom is 0.126 e. The van der Waals surface area contributed by atoms with Crippen LogP contribution >= 0.6 is 0 Å². The number of hydrogen-bond donors (Lipinski definition) is 1. The number of aromatic nitrogens is 1. The molecule has 0 aromatic carbocycles. The fourth-order valence-corrected chi connectivity index (χ4v) is 1.20. The van der Waals surface area contributed by atoms with Crippen molar-refractivity contribution in [2.75, 3.05) is 13.2 Å². The highest BCUT2D eigenvalue weighted by Crippen LogP contribution is 2.16. The third kappa shape index (κ3) is 4.30. The molecule has 0 bridgehead atoms. The summed E-state index contributed by atoms with van der Waals surface area (Å²) in [4.78, 5) is 4.11. The van der Waals surface area contributed by atoms with E-state index in [4.69, 9.17) is 4.74 Å². The first kappa shape index (κ1) is 12.0. The molecule has 3 heteroatoms. The van der Waals surface area contributed by atoms with Crippen LogP contribution in [0.3, 0.4) is 0 Å². The van der Waals surface area contributed by atoms with E-state index in [0.717, 1.165) is 31.0 Å². The number of hydrogen-bond acceptors (Lipinski definition) is 3. The average molecular weight is 208 g/mol. The van der Waals surface area contributed by atoms with Gasteiger partial charge in [-0.15, -0.1) is 0 Å². The van der Waals surface area contributed by atoms with Gasteiger partial charge in [-0.1, -0.05) is 20.8 Å². The highest BCUT2D eigenvalue weighted by Gasteiger charge is 2.03. The lowest BCUT2D eigenvalue weighted by atomic mass is 10.2. The van der Waals surface area contributed by atoms with Crippen LogP contribution in [-0.4, -0.2) is 18.1 Å². The summed E-state index contributed by atoms with van der Waals surface area (Å²) in [6, 6.07) is 1.93. The molecule has 1 heterocycles. The molecule has 1 N–H and O–H groups in total. The van der Waals surface area contributed by atoms with E-state index in [2.05, 4.69) is 31.1 Å². The van der Waals surface area contributed by atoms with Crippen molar-refractivity contribution in [1.29, 1.82) is 0 Å². The molecule has 0 saturated carbocycles. The van der Waals surface area contributed by atoms with Crippen molar-refractivity contribution in [1.82, 2.24) is 10.3 Å².